The molecule has 0 saturated carbocycles. The first kappa shape index (κ1) is 11.1. The molecule has 0 aromatic heterocycles. The van der Waals surface area contributed by atoms with Crippen molar-refractivity contribution < 1.29 is 4.79 Å². The number of rotatable bonds is 2. The van der Waals surface area contributed by atoms with E-state index in [0.717, 1.165) is 18.1 Å². The van der Waals surface area contributed by atoms with Crippen molar-refractivity contribution in [3.05, 3.63) is 0 Å². The normalized spacial score (nSPS) is 35.5. The van der Waals surface area contributed by atoms with Crippen molar-refractivity contribution in [3.8, 4) is 0 Å². The molecular formula is C10H19NOS. The van der Waals surface area contributed by atoms with Gasteiger partial charge in [0.15, 0.2) is 0 Å². The Hall–Kier alpha value is -0.0200. The van der Waals surface area contributed by atoms with Crippen molar-refractivity contribution in [2.75, 3.05) is 32.1 Å². The summed E-state index contributed by atoms with van der Waals surface area (Å²) in [4.78, 5) is 14.1. The van der Waals surface area contributed by atoms with Gasteiger partial charge in [-0.15, -0.1) is 0 Å². The van der Waals surface area contributed by atoms with Gasteiger partial charge in [-0.1, -0.05) is 13.8 Å². The summed E-state index contributed by atoms with van der Waals surface area (Å²) in [6, 6.07) is 0. The Labute approximate surface area is 85.1 Å². The van der Waals surface area contributed by atoms with Gasteiger partial charge < -0.3 is 4.90 Å². The van der Waals surface area contributed by atoms with Crippen LogP contribution in [0.4, 0.5) is 0 Å². The molecule has 1 rings (SSSR count). The van der Waals surface area contributed by atoms with Crippen molar-refractivity contribution in [3.63, 3.8) is 0 Å². The maximum atomic E-state index is 11.9. The van der Waals surface area contributed by atoms with E-state index >= 15 is 0 Å². The predicted molar refractivity (Wildman–Crippen MR) is 58.2 cm³/mol. The Morgan fingerprint density at radius 1 is 1.62 bits per heavy atom. The molecule has 1 fully saturated rings. The molecular weight excluding hydrogens is 182 g/mol. The summed E-state index contributed by atoms with van der Waals surface area (Å²) >= 11 is 1.91. The fraction of sp³-hybridized carbons (Fsp3) is 0.900. The van der Waals surface area contributed by atoms with Crippen molar-refractivity contribution in [1.82, 2.24) is 4.90 Å². The van der Waals surface area contributed by atoms with Crippen LogP contribution in [0.25, 0.3) is 0 Å². The first-order valence-electron chi connectivity index (χ1n) is 4.72. The van der Waals surface area contributed by atoms with Crippen molar-refractivity contribution in [1.29, 1.82) is 0 Å². The number of carbonyl (C=O) groups is 1. The van der Waals surface area contributed by atoms with Gasteiger partial charge in [0, 0.05) is 29.4 Å². The van der Waals surface area contributed by atoms with Crippen molar-refractivity contribution >= 4 is 17.5 Å². The number of hydrogen-bond donors (Lipinski definition) is 0. The molecule has 0 N–H and O–H groups in total. The second-order valence-electron chi connectivity index (χ2n) is 4.58. The first-order chi connectivity index (χ1) is 5.96. The van der Waals surface area contributed by atoms with Gasteiger partial charge in [0.1, 0.15) is 5.78 Å². The molecule has 76 valence electrons. The lowest BCUT2D eigenvalue weighted by atomic mass is 9.81. The van der Waals surface area contributed by atoms with Crippen molar-refractivity contribution in [2.24, 2.45) is 11.3 Å². The number of ketones is 1. The van der Waals surface area contributed by atoms with Crippen LogP contribution in [0.5, 0.6) is 0 Å². The fourth-order valence-corrected chi connectivity index (χ4v) is 3.33. The predicted octanol–water partition coefficient (Wildman–Crippen LogP) is 1.51. The molecule has 1 aliphatic heterocycles. The molecule has 0 amide bonds. The van der Waals surface area contributed by atoms with Gasteiger partial charge in [-0.05, 0) is 14.1 Å². The zero-order chi connectivity index (χ0) is 10.1. The second kappa shape index (κ2) is 4.01. The Morgan fingerprint density at radius 2 is 2.23 bits per heavy atom. The summed E-state index contributed by atoms with van der Waals surface area (Å²) in [6.07, 6.45) is 0. The molecule has 0 unspecified atom stereocenters. The molecule has 1 aliphatic rings. The molecule has 0 radical (unpaired) electrons. The monoisotopic (exact) mass is 201 g/mol. The molecule has 0 bridgehead atoms. The van der Waals surface area contributed by atoms with Crippen LogP contribution >= 0.6 is 11.8 Å². The molecule has 0 aromatic rings. The van der Waals surface area contributed by atoms with Crippen LogP contribution in [-0.4, -0.2) is 42.8 Å². The zero-order valence-corrected chi connectivity index (χ0v) is 9.78. The second-order valence-corrected chi connectivity index (χ2v) is 5.61. The van der Waals surface area contributed by atoms with E-state index in [2.05, 4.69) is 11.8 Å². The van der Waals surface area contributed by atoms with Gasteiger partial charge in [-0.25, -0.2) is 0 Å². The highest BCUT2D eigenvalue weighted by Crippen LogP contribution is 2.34. The van der Waals surface area contributed by atoms with Crippen LogP contribution in [0, 0.1) is 11.3 Å². The number of carbonyl (C=O) groups excluding carboxylic acids is 1. The number of Topliss-reactive ketones (excluding diaryl/α,β-unsaturated/α-hetero) is 1. The number of nitrogens with zero attached hydrogens (tertiary/aromatic N) is 1. The van der Waals surface area contributed by atoms with Gasteiger partial charge in [-0.3, -0.25) is 4.79 Å². The third-order valence-corrected chi connectivity index (χ3v) is 4.07. The molecule has 1 heterocycles. The number of hydrogen-bond acceptors (Lipinski definition) is 3. The van der Waals surface area contributed by atoms with E-state index in [0.29, 0.717) is 5.78 Å². The SMILES string of the molecule is C[C@H]1CSC[C@](C)(CN(C)C)C1=O. The Balaban J connectivity index is 2.69. The lowest BCUT2D eigenvalue weighted by molar-refractivity contribution is -0.130. The molecule has 1 saturated heterocycles. The van der Waals surface area contributed by atoms with Crippen LogP contribution in [0.15, 0.2) is 0 Å². The zero-order valence-electron chi connectivity index (χ0n) is 8.96. The standard InChI is InChI=1S/C10H19NOS/c1-8-5-13-7-10(2,9(8)12)6-11(3)4/h8H,5-7H2,1-4H3/t8-,10-/m0/s1. The third-order valence-electron chi connectivity index (χ3n) is 2.50. The van der Waals surface area contributed by atoms with Gasteiger partial charge in [0.05, 0.1) is 0 Å². The molecule has 3 heteroatoms. The minimum atomic E-state index is -0.119. The summed E-state index contributed by atoms with van der Waals surface area (Å²) in [5.74, 6) is 2.67. The highest BCUT2D eigenvalue weighted by Gasteiger charge is 2.39. The quantitative estimate of drug-likeness (QED) is 0.675. The van der Waals surface area contributed by atoms with E-state index < -0.39 is 0 Å². The molecule has 2 nitrogen and oxygen atoms in total. The van der Waals surface area contributed by atoms with Gasteiger partial charge in [-0.2, -0.15) is 11.8 Å². The largest absolute Gasteiger partial charge is 0.308 e. The highest BCUT2D eigenvalue weighted by molar-refractivity contribution is 7.99. The molecule has 2 atom stereocenters. The first-order valence-corrected chi connectivity index (χ1v) is 5.88. The van der Waals surface area contributed by atoms with E-state index in [1.54, 1.807) is 0 Å². The highest BCUT2D eigenvalue weighted by atomic mass is 32.2. The lowest BCUT2D eigenvalue weighted by Gasteiger charge is -2.36. The van der Waals surface area contributed by atoms with E-state index in [4.69, 9.17) is 0 Å². The molecule has 13 heavy (non-hydrogen) atoms. The van der Waals surface area contributed by atoms with Crippen LogP contribution in [0.2, 0.25) is 0 Å². The summed E-state index contributed by atoms with van der Waals surface area (Å²) in [5, 5.41) is 0. The van der Waals surface area contributed by atoms with Crippen LogP contribution in [0.1, 0.15) is 13.8 Å². The summed E-state index contributed by atoms with van der Waals surface area (Å²) < 4.78 is 0. The van der Waals surface area contributed by atoms with E-state index in [9.17, 15) is 4.79 Å². The van der Waals surface area contributed by atoms with Crippen LogP contribution in [0.3, 0.4) is 0 Å². The minimum absolute atomic E-state index is 0.119. The van der Waals surface area contributed by atoms with E-state index in [1.807, 2.05) is 32.8 Å². The van der Waals surface area contributed by atoms with Gasteiger partial charge in [0.25, 0.3) is 0 Å². The maximum Gasteiger partial charge on any atom is 0.144 e. The summed E-state index contributed by atoms with van der Waals surface area (Å²) in [5.41, 5.74) is -0.119. The maximum absolute atomic E-state index is 11.9. The van der Waals surface area contributed by atoms with Crippen LogP contribution in [-0.2, 0) is 4.79 Å². The average molecular weight is 201 g/mol. The fourth-order valence-electron chi connectivity index (χ4n) is 2.02. The Bertz CT molecular complexity index is 205. The van der Waals surface area contributed by atoms with Gasteiger partial charge >= 0.3 is 0 Å². The number of thioether (sulfide) groups is 1. The van der Waals surface area contributed by atoms with E-state index in [1.165, 1.54) is 0 Å². The minimum Gasteiger partial charge on any atom is -0.308 e. The van der Waals surface area contributed by atoms with Crippen molar-refractivity contribution in [2.45, 2.75) is 13.8 Å². The Kier molecular flexibility index (Phi) is 3.41. The van der Waals surface area contributed by atoms with Gasteiger partial charge in [0.2, 0.25) is 0 Å². The van der Waals surface area contributed by atoms with Crippen LogP contribution < -0.4 is 0 Å². The third kappa shape index (κ3) is 2.47. The average Bonchev–Trinajstić information content (AvgIpc) is 1.99. The Morgan fingerprint density at radius 3 is 2.77 bits per heavy atom. The molecule has 0 aliphatic carbocycles. The molecule has 0 aromatic carbocycles. The topological polar surface area (TPSA) is 20.3 Å². The smallest absolute Gasteiger partial charge is 0.144 e. The molecule has 0 spiro atoms. The summed E-state index contributed by atoms with van der Waals surface area (Å²) in [7, 11) is 4.06. The summed E-state index contributed by atoms with van der Waals surface area (Å²) in [6.45, 7) is 5.02. The van der Waals surface area contributed by atoms with E-state index in [-0.39, 0.29) is 11.3 Å². The lowest BCUT2D eigenvalue weighted by Crippen LogP contribution is -2.46.